The molecule has 1 aromatic carbocycles. The number of nitrogens with one attached hydrogen (secondary N) is 2. The third kappa shape index (κ3) is 7.76. The molecule has 0 amide bonds. The number of rotatable bonds is 8. The minimum atomic E-state index is -4.81. The SMILES string of the molecule is CNCCCCS(=O)(=O)Nc1cccc(OC(F)(F)F)c1. The molecule has 0 unspecified atom stereocenters. The second-order valence-corrected chi connectivity index (χ2v) is 6.15. The summed E-state index contributed by atoms with van der Waals surface area (Å²) >= 11 is 0. The number of ether oxygens (including phenoxy) is 1. The van der Waals surface area contributed by atoms with Gasteiger partial charge in [-0.3, -0.25) is 4.72 Å². The standard InChI is InChI=1S/C12H17F3N2O3S/c1-16-7-2-3-8-21(18,19)17-10-5-4-6-11(9-10)20-12(13,14)15/h4-6,9,16-17H,2-3,7-8H2,1H3. The molecule has 1 aromatic rings. The summed E-state index contributed by atoms with van der Waals surface area (Å²) in [6.07, 6.45) is -3.67. The molecule has 0 heterocycles. The number of anilines is 1. The van der Waals surface area contributed by atoms with Gasteiger partial charge in [-0.2, -0.15) is 0 Å². The van der Waals surface area contributed by atoms with E-state index in [0.717, 1.165) is 12.1 Å². The minimum Gasteiger partial charge on any atom is -0.406 e. The van der Waals surface area contributed by atoms with E-state index in [1.54, 1.807) is 7.05 Å². The second kappa shape index (κ2) is 7.51. The van der Waals surface area contributed by atoms with Crippen molar-refractivity contribution in [1.29, 1.82) is 0 Å². The summed E-state index contributed by atoms with van der Waals surface area (Å²) < 4.78 is 65.7. The van der Waals surface area contributed by atoms with E-state index in [1.165, 1.54) is 12.1 Å². The van der Waals surface area contributed by atoms with Crippen LogP contribution in [0.15, 0.2) is 24.3 Å². The Labute approximate surface area is 121 Å². The highest BCUT2D eigenvalue weighted by Gasteiger charge is 2.31. The summed E-state index contributed by atoms with van der Waals surface area (Å²) in [5.74, 6) is -0.572. The van der Waals surface area contributed by atoms with Crippen LogP contribution in [0.5, 0.6) is 5.75 Å². The van der Waals surface area contributed by atoms with Crippen molar-refractivity contribution < 1.29 is 26.3 Å². The first-order valence-electron chi connectivity index (χ1n) is 6.23. The van der Waals surface area contributed by atoms with Gasteiger partial charge in [-0.1, -0.05) is 6.07 Å². The van der Waals surface area contributed by atoms with Gasteiger partial charge in [0.15, 0.2) is 0 Å². The third-order valence-corrected chi connectivity index (χ3v) is 3.80. The summed E-state index contributed by atoms with van der Waals surface area (Å²) in [6.45, 7) is 0.699. The molecule has 0 bridgehead atoms. The molecule has 0 aromatic heterocycles. The average molecular weight is 326 g/mol. The van der Waals surface area contributed by atoms with Crippen LogP contribution in [0.4, 0.5) is 18.9 Å². The van der Waals surface area contributed by atoms with Crippen molar-refractivity contribution in [2.75, 3.05) is 24.1 Å². The maximum atomic E-state index is 12.1. The molecule has 0 atom stereocenters. The fraction of sp³-hybridized carbons (Fsp3) is 0.500. The summed E-state index contributed by atoms with van der Waals surface area (Å²) in [4.78, 5) is 0. The highest BCUT2D eigenvalue weighted by Crippen LogP contribution is 2.25. The first kappa shape index (κ1) is 17.6. The van der Waals surface area contributed by atoms with Crippen molar-refractivity contribution in [1.82, 2.24) is 5.32 Å². The van der Waals surface area contributed by atoms with Gasteiger partial charge >= 0.3 is 6.36 Å². The van der Waals surface area contributed by atoms with E-state index < -0.39 is 22.1 Å². The fourth-order valence-corrected chi connectivity index (χ4v) is 2.75. The highest BCUT2D eigenvalue weighted by atomic mass is 32.2. The topological polar surface area (TPSA) is 67.4 Å². The fourth-order valence-electron chi connectivity index (χ4n) is 1.58. The number of alkyl halides is 3. The van der Waals surface area contributed by atoms with E-state index in [0.29, 0.717) is 19.4 Å². The van der Waals surface area contributed by atoms with Crippen LogP contribution < -0.4 is 14.8 Å². The molecule has 0 aliphatic heterocycles. The molecular formula is C12H17F3N2O3S. The van der Waals surface area contributed by atoms with Crippen LogP contribution >= 0.6 is 0 Å². The van der Waals surface area contributed by atoms with Gasteiger partial charge in [-0.15, -0.1) is 13.2 Å². The van der Waals surface area contributed by atoms with Crippen LogP contribution in [0.25, 0.3) is 0 Å². The number of hydrogen-bond acceptors (Lipinski definition) is 4. The van der Waals surface area contributed by atoms with Crippen LogP contribution in [0, 0.1) is 0 Å². The van der Waals surface area contributed by atoms with Crippen molar-refractivity contribution >= 4 is 15.7 Å². The van der Waals surface area contributed by atoms with Crippen LogP contribution in [-0.2, 0) is 10.0 Å². The smallest absolute Gasteiger partial charge is 0.406 e. The van der Waals surface area contributed by atoms with Crippen molar-refractivity contribution in [2.24, 2.45) is 0 Å². The summed E-state index contributed by atoms with van der Waals surface area (Å²) in [7, 11) is -1.83. The maximum Gasteiger partial charge on any atom is 0.573 e. The Morgan fingerprint density at radius 2 is 1.95 bits per heavy atom. The lowest BCUT2D eigenvalue weighted by atomic mass is 10.3. The quantitative estimate of drug-likeness (QED) is 0.720. The van der Waals surface area contributed by atoms with Crippen LogP contribution in [0.1, 0.15) is 12.8 Å². The molecule has 120 valence electrons. The molecule has 0 saturated heterocycles. The van der Waals surface area contributed by atoms with Crippen molar-refractivity contribution in [3.05, 3.63) is 24.3 Å². The highest BCUT2D eigenvalue weighted by molar-refractivity contribution is 7.92. The lowest BCUT2D eigenvalue weighted by molar-refractivity contribution is -0.274. The molecule has 1 rings (SSSR count). The maximum absolute atomic E-state index is 12.1. The van der Waals surface area contributed by atoms with Gasteiger partial charge in [-0.05, 0) is 38.6 Å². The van der Waals surface area contributed by atoms with Gasteiger partial charge in [0.25, 0.3) is 0 Å². The molecule has 9 heteroatoms. The van der Waals surface area contributed by atoms with Crippen molar-refractivity contribution in [3.63, 3.8) is 0 Å². The molecule has 5 nitrogen and oxygen atoms in total. The van der Waals surface area contributed by atoms with E-state index >= 15 is 0 Å². The van der Waals surface area contributed by atoms with E-state index in [4.69, 9.17) is 0 Å². The molecule has 21 heavy (non-hydrogen) atoms. The average Bonchev–Trinajstić information content (AvgIpc) is 2.32. The van der Waals surface area contributed by atoms with Crippen molar-refractivity contribution in [2.45, 2.75) is 19.2 Å². The molecule has 2 N–H and O–H groups in total. The molecule has 0 saturated carbocycles. The molecule has 0 spiro atoms. The van der Waals surface area contributed by atoms with Gasteiger partial charge in [-0.25, -0.2) is 8.42 Å². The molecule has 0 aliphatic rings. The van der Waals surface area contributed by atoms with Gasteiger partial charge in [0.1, 0.15) is 5.75 Å². The first-order chi connectivity index (χ1) is 9.72. The number of unbranched alkanes of at least 4 members (excludes halogenated alkanes) is 1. The van der Waals surface area contributed by atoms with Crippen LogP contribution in [-0.4, -0.2) is 34.1 Å². The molecule has 0 radical (unpaired) electrons. The third-order valence-electron chi connectivity index (χ3n) is 2.43. The number of sulfonamides is 1. The molecule has 0 aliphatic carbocycles. The Balaban J connectivity index is 2.63. The largest absolute Gasteiger partial charge is 0.573 e. The predicted molar refractivity (Wildman–Crippen MR) is 73.7 cm³/mol. The van der Waals surface area contributed by atoms with Gasteiger partial charge in [0.2, 0.25) is 10.0 Å². The van der Waals surface area contributed by atoms with E-state index in [1.807, 2.05) is 0 Å². The zero-order valence-electron chi connectivity index (χ0n) is 11.4. The lowest BCUT2D eigenvalue weighted by Crippen LogP contribution is -2.19. The number of hydrogen-bond donors (Lipinski definition) is 2. The first-order valence-corrected chi connectivity index (χ1v) is 7.88. The van der Waals surface area contributed by atoms with Crippen LogP contribution in [0.3, 0.4) is 0 Å². The summed E-state index contributed by atoms with van der Waals surface area (Å²) in [5, 5.41) is 2.89. The lowest BCUT2D eigenvalue weighted by Gasteiger charge is -2.11. The Morgan fingerprint density at radius 3 is 2.57 bits per heavy atom. The minimum absolute atomic E-state index is 0.0327. The van der Waals surface area contributed by atoms with E-state index in [-0.39, 0.29) is 11.4 Å². The van der Waals surface area contributed by atoms with Gasteiger partial charge in [0.05, 0.1) is 11.4 Å². The number of benzene rings is 1. The normalized spacial score (nSPS) is 12.2. The monoisotopic (exact) mass is 326 g/mol. The van der Waals surface area contributed by atoms with E-state index in [2.05, 4.69) is 14.8 Å². The van der Waals surface area contributed by atoms with E-state index in [9.17, 15) is 21.6 Å². The van der Waals surface area contributed by atoms with Crippen molar-refractivity contribution in [3.8, 4) is 5.75 Å². The Kier molecular flexibility index (Phi) is 6.28. The summed E-state index contributed by atoms with van der Waals surface area (Å²) in [6, 6.07) is 4.71. The molecule has 0 fully saturated rings. The molecular weight excluding hydrogens is 309 g/mol. The Hall–Kier alpha value is -1.48. The zero-order chi connectivity index (χ0) is 15.9. The van der Waals surface area contributed by atoms with Gasteiger partial charge < -0.3 is 10.1 Å². The zero-order valence-corrected chi connectivity index (χ0v) is 12.2. The number of halogens is 3. The Bertz CT molecular complexity index is 547. The summed E-state index contributed by atoms with van der Waals surface area (Å²) in [5.41, 5.74) is 0.0327. The van der Waals surface area contributed by atoms with Crippen LogP contribution in [0.2, 0.25) is 0 Å². The second-order valence-electron chi connectivity index (χ2n) is 4.31. The Morgan fingerprint density at radius 1 is 1.24 bits per heavy atom. The van der Waals surface area contributed by atoms with Gasteiger partial charge in [0, 0.05) is 6.07 Å². The predicted octanol–water partition coefficient (Wildman–Crippen LogP) is 2.33.